The van der Waals surface area contributed by atoms with E-state index in [0.717, 1.165) is 0 Å². The van der Waals surface area contributed by atoms with E-state index in [1.165, 1.54) is 42.5 Å². The van der Waals surface area contributed by atoms with Gasteiger partial charge in [0.2, 0.25) is 5.91 Å². The SMILES string of the molecule is O=C(Cc1ccc([N+](=O)[O-])cc1)Nc1ccccc1Oc1cccc(F)c1. The lowest BCUT2D eigenvalue weighted by atomic mass is 10.1. The topological polar surface area (TPSA) is 81.5 Å². The zero-order valence-corrected chi connectivity index (χ0v) is 14.1. The van der Waals surface area contributed by atoms with Gasteiger partial charge in [-0.15, -0.1) is 0 Å². The second-order valence-corrected chi connectivity index (χ2v) is 5.70. The fourth-order valence-electron chi connectivity index (χ4n) is 2.43. The third-order valence-corrected chi connectivity index (χ3v) is 3.70. The number of benzene rings is 3. The van der Waals surface area contributed by atoms with Gasteiger partial charge in [0.25, 0.3) is 5.69 Å². The van der Waals surface area contributed by atoms with Crippen LogP contribution in [0.3, 0.4) is 0 Å². The number of amides is 1. The first-order valence-electron chi connectivity index (χ1n) is 8.07. The zero-order valence-electron chi connectivity index (χ0n) is 14.1. The summed E-state index contributed by atoms with van der Waals surface area (Å²) in [7, 11) is 0. The maximum atomic E-state index is 13.3. The lowest BCUT2D eigenvalue weighted by Crippen LogP contribution is -2.14. The number of halogens is 1. The molecule has 0 aromatic heterocycles. The summed E-state index contributed by atoms with van der Waals surface area (Å²) in [6.45, 7) is 0. The number of para-hydroxylation sites is 2. The smallest absolute Gasteiger partial charge is 0.269 e. The molecular formula is C20H15FN2O4. The third kappa shape index (κ3) is 4.88. The summed E-state index contributed by atoms with van der Waals surface area (Å²) in [6, 6.07) is 18.3. The zero-order chi connectivity index (χ0) is 19.2. The van der Waals surface area contributed by atoms with Crippen LogP contribution in [0.15, 0.2) is 72.8 Å². The van der Waals surface area contributed by atoms with Gasteiger partial charge in [0, 0.05) is 18.2 Å². The highest BCUT2D eigenvalue weighted by atomic mass is 19.1. The summed E-state index contributed by atoms with van der Waals surface area (Å²) in [4.78, 5) is 22.5. The summed E-state index contributed by atoms with van der Waals surface area (Å²) in [5, 5.41) is 13.4. The molecule has 3 aromatic carbocycles. The van der Waals surface area contributed by atoms with Gasteiger partial charge in [-0.2, -0.15) is 0 Å². The Morgan fingerprint density at radius 3 is 2.48 bits per heavy atom. The molecule has 0 bridgehead atoms. The second-order valence-electron chi connectivity index (χ2n) is 5.70. The fourth-order valence-corrected chi connectivity index (χ4v) is 2.43. The van der Waals surface area contributed by atoms with Crippen molar-refractivity contribution >= 4 is 17.3 Å². The Hall–Kier alpha value is -3.74. The van der Waals surface area contributed by atoms with Gasteiger partial charge in [0.1, 0.15) is 11.6 Å². The summed E-state index contributed by atoms with van der Waals surface area (Å²) in [5.41, 5.74) is 1.04. The molecule has 27 heavy (non-hydrogen) atoms. The molecule has 1 N–H and O–H groups in total. The summed E-state index contributed by atoms with van der Waals surface area (Å²) < 4.78 is 19.0. The van der Waals surface area contributed by atoms with Gasteiger partial charge in [0.15, 0.2) is 5.75 Å². The minimum atomic E-state index is -0.496. The minimum absolute atomic E-state index is 0.0343. The van der Waals surface area contributed by atoms with Crippen LogP contribution >= 0.6 is 0 Å². The molecule has 1 amide bonds. The third-order valence-electron chi connectivity index (χ3n) is 3.70. The molecule has 0 saturated carbocycles. The highest BCUT2D eigenvalue weighted by Crippen LogP contribution is 2.29. The van der Waals surface area contributed by atoms with Crippen molar-refractivity contribution < 1.29 is 18.8 Å². The average Bonchev–Trinajstić information content (AvgIpc) is 2.64. The van der Waals surface area contributed by atoms with E-state index in [0.29, 0.717) is 22.7 Å². The molecule has 0 aliphatic carbocycles. The van der Waals surface area contributed by atoms with Gasteiger partial charge in [0.05, 0.1) is 17.0 Å². The normalized spacial score (nSPS) is 10.3. The number of carbonyl (C=O) groups is 1. The number of rotatable bonds is 6. The van der Waals surface area contributed by atoms with E-state index >= 15 is 0 Å². The Morgan fingerprint density at radius 1 is 1.04 bits per heavy atom. The number of nitrogens with zero attached hydrogens (tertiary/aromatic N) is 1. The molecule has 0 fully saturated rings. The molecule has 0 spiro atoms. The number of anilines is 1. The van der Waals surface area contributed by atoms with Crippen molar-refractivity contribution in [3.63, 3.8) is 0 Å². The molecule has 0 aliphatic rings. The monoisotopic (exact) mass is 366 g/mol. The number of ether oxygens (including phenoxy) is 1. The predicted molar refractivity (Wildman–Crippen MR) is 98.3 cm³/mol. The van der Waals surface area contributed by atoms with Crippen LogP contribution in [-0.2, 0) is 11.2 Å². The number of carbonyl (C=O) groups excluding carboxylic acids is 1. The van der Waals surface area contributed by atoms with Crippen molar-refractivity contribution in [2.24, 2.45) is 0 Å². The summed E-state index contributed by atoms with van der Waals surface area (Å²) in [5.74, 6) is -0.0430. The van der Waals surface area contributed by atoms with E-state index in [2.05, 4.69) is 5.32 Å². The summed E-state index contributed by atoms with van der Waals surface area (Å²) in [6.07, 6.45) is 0.0479. The Balaban J connectivity index is 1.70. The Morgan fingerprint density at radius 2 is 1.78 bits per heavy atom. The lowest BCUT2D eigenvalue weighted by molar-refractivity contribution is -0.384. The largest absolute Gasteiger partial charge is 0.455 e. The van der Waals surface area contributed by atoms with Crippen molar-refractivity contribution in [3.05, 3.63) is 94.3 Å². The molecule has 0 aliphatic heterocycles. The van der Waals surface area contributed by atoms with Gasteiger partial charge in [-0.05, 0) is 29.8 Å². The van der Waals surface area contributed by atoms with Crippen LogP contribution in [0.5, 0.6) is 11.5 Å². The quantitative estimate of drug-likeness (QED) is 0.506. The molecule has 0 heterocycles. The van der Waals surface area contributed by atoms with Crippen LogP contribution in [0.4, 0.5) is 15.8 Å². The predicted octanol–water partition coefficient (Wildman–Crippen LogP) is 4.71. The van der Waals surface area contributed by atoms with E-state index < -0.39 is 10.7 Å². The molecule has 0 unspecified atom stereocenters. The van der Waals surface area contributed by atoms with Gasteiger partial charge < -0.3 is 10.1 Å². The minimum Gasteiger partial charge on any atom is -0.455 e. The Kier molecular flexibility index (Phi) is 5.41. The number of non-ortho nitro benzene ring substituents is 1. The molecule has 7 heteroatoms. The van der Waals surface area contributed by atoms with Gasteiger partial charge in [-0.25, -0.2) is 4.39 Å². The van der Waals surface area contributed by atoms with Crippen molar-refractivity contribution in [2.45, 2.75) is 6.42 Å². The number of nitro benzene ring substituents is 1. The van der Waals surface area contributed by atoms with E-state index in [-0.39, 0.29) is 18.0 Å². The first-order chi connectivity index (χ1) is 13.0. The highest BCUT2D eigenvalue weighted by molar-refractivity contribution is 5.93. The van der Waals surface area contributed by atoms with E-state index in [1.807, 2.05) is 0 Å². The molecule has 136 valence electrons. The van der Waals surface area contributed by atoms with Crippen LogP contribution in [0, 0.1) is 15.9 Å². The molecule has 3 aromatic rings. The van der Waals surface area contributed by atoms with Crippen molar-refractivity contribution in [2.75, 3.05) is 5.32 Å². The van der Waals surface area contributed by atoms with Gasteiger partial charge >= 0.3 is 0 Å². The molecule has 3 rings (SSSR count). The van der Waals surface area contributed by atoms with E-state index in [4.69, 9.17) is 4.74 Å². The van der Waals surface area contributed by atoms with Crippen molar-refractivity contribution in [3.8, 4) is 11.5 Å². The number of hydrogen-bond donors (Lipinski definition) is 1. The van der Waals surface area contributed by atoms with E-state index in [1.54, 1.807) is 30.3 Å². The Bertz CT molecular complexity index is 974. The Labute approximate surface area is 154 Å². The number of hydrogen-bond acceptors (Lipinski definition) is 4. The number of nitrogens with one attached hydrogen (secondary N) is 1. The van der Waals surface area contributed by atoms with Crippen LogP contribution in [0.1, 0.15) is 5.56 Å². The maximum absolute atomic E-state index is 13.3. The van der Waals surface area contributed by atoms with E-state index in [9.17, 15) is 19.3 Å². The first kappa shape index (κ1) is 18.1. The molecule has 0 radical (unpaired) electrons. The van der Waals surface area contributed by atoms with Crippen LogP contribution in [0.2, 0.25) is 0 Å². The average molecular weight is 366 g/mol. The van der Waals surface area contributed by atoms with Gasteiger partial charge in [-0.3, -0.25) is 14.9 Å². The standard InChI is InChI=1S/C20H15FN2O4/c21-15-4-3-5-17(13-15)27-19-7-2-1-6-18(19)22-20(24)12-14-8-10-16(11-9-14)23(25)26/h1-11,13H,12H2,(H,22,24). The number of nitro groups is 1. The van der Waals surface area contributed by atoms with Gasteiger partial charge in [-0.1, -0.05) is 30.3 Å². The second kappa shape index (κ2) is 8.09. The first-order valence-corrected chi connectivity index (χ1v) is 8.07. The summed E-state index contributed by atoms with van der Waals surface area (Å²) >= 11 is 0. The van der Waals surface area contributed by atoms with Crippen molar-refractivity contribution in [1.82, 2.24) is 0 Å². The van der Waals surface area contributed by atoms with Crippen LogP contribution in [-0.4, -0.2) is 10.8 Å². The highest BCUT2D eigenvalue weighted by Gasteiger charge is 2.11. The molecular weight excluding hydrogens is 351 g/mol. The molecule has 0 atom stereocenters. The molecule has 0 saturated heterocycles. The van der Waals surface area contributed by atoms with Crippen LogP contribution < -0.4 is 10.1 Å². The lowest BCUT2D eigenvalue weighted by Gasteiger charge is -2.12. The van der Waals surface area contributed by atoms with Crippen molar-refractivity contribution in [1.29, 1.82) is 0 Å². The molecule has 6 nitrogen and oxygen atoms in total. The maximum Gasteiger partial charge on any atom is 0.269 e. The van der Waals surface area contributed by atoms with Crippen LogP contribution in [0.25, 0.3) is 0 Å². The fraction of sp³-hybridized carbons (Fsp3) is 0.0500.